The molecule has 2 aliphatic heterocycles. The first-order valence-corrected chi connectivity index (χ1v) is 9.84. The van der Waals surface area contributed by atoms with Crippen LogP contribution in [-0.4, -0.2) is 18.6 Å². The lowest BCUT2D eigenvalue weighted by molar-refractivity contribution is -0.119. The molecule has 2 aromatic rings. The predicted molar refractivity (Wildman–Crippen MR) is 108 cm³/mol. The summed E-state index contributed by atoms with van der Waals surface area (Å²) < 4.78 is 6.48. The summed E-state index contributed by atoms with van der Waals surface area (Å²) in [6, 6.07) is 12.6. The van der Waals surface area contributed by atoms with E-state index in [4.69, 9.17) is 4.74 Å². The molecule has 142 valence electrons. The summed E-state index contributed by atoms with van der Waals surface area (Å²) in [5, 5.41) is 6.61. The van der Waals surface area contributed by atoms with Crippen LogP contribution in [0.1, 0.15) is 55.4 Å². The minimum absolute atomic E-state index is 0.0521. The largest absolute Gasteiger partial charge is 0.488 e. The van der Waals surface area contributed by atoms with Crippen molar-refractivity contribution in [1.82, 2.24) is 5.32 Å². The number of carbonyl (C=O) groups excluding carboxylic acids is 1. The number of amides is 1. The van der Waals surface area contributed by atoms with E-state index in [9.17, 15) is 4.79 Å². The SMILES string of the molecule is CC[C@H]1c2cc(C)c3c(c2O[C@H]1CNCc1ccccc1)C(C)(C)C(=O)N3. The van der Waals surface area contributed by atoms with Gasteiger partial charge in [-0.25, -0.2) is 0 Å². The number of anilines is 1. The molecular weight excluding hydrogens is 336 g/mol. The second-order valence-corrected chi connectivity index (χ2v) is 8.23. The summed E-state index contributed by atoms with van der Waals surface area (Å²) >= 11 is 0. The molecule has 27 heavy (non-hydrogen) atoms. The highest BCUT2D eigenvalue weighted by atomic mass is 16.5. The summed E-state index contributed by atoms with van der Waals surface area (Å²) in [6.45, 7) is 9.88. The highest BCUT2D eigenvalue weighted by Gasteiger charge is 2.46. The molecule has 2 atom stereocenters. The summed E-state index contributed by atoms with van der Waals surface area (Å²) in [7, 11) is 0. The molecular formula is C23H28N2O2. The fourth-order valence-corrected chi connectivity index (χ4v) is 4.42. The molecule has 2 aliphatic rings. The second kappa shape index (κ2) is 6.68. The molecule has 0 spiro atoms. The van der Waals surface area contributed by atoms with E-state index in [0.29, 0.717) is 5.92 Å². The van der Waals surface area contributed by atoms with Crippen LogP contribution < -0.4 is 15.4 Å². The van der Waals surface area contributed by atoms with Crippen molar-refractivity contribution in [2.75, 3.05) is 11.9 Å². The van der Waals surface area contributed by atoms with Crippen LogP contribution in [0, 0.1) is 6.92 Å². The first-order valence-electron chi connectivity index (χ1n) is 9.84. The smallest absolute Gasteiger partial charge is 0.234 e. The monoisotopic (exact) mass is 364 g/mol. The standard InChI is InChI=1S/C23H28N2O2/c1-5-16-17-11-14(2)20-19(23(3,4)22(26)25-20)21(17)27-18(16)13-24-12-15-9-7-6-8-10-15/h6-11,16,18,24H,5,12-13H2,1-4H3,(H,25,26)/t16-,18-/m0/s1. The molecule has 1 amide bonds. The van der Waals surface area contributed by atoms with Crippen LogP contribution in [0.5, 0.6) is 5.75 Å². The summed E-state index contributed by atoms with van der Waals surface area (Å²) in [5.41, 5.74) is 5.07. The van der Waals surface area contributed by atoms with Gasteiger partial charge < -0.3 is 15.4 Å². The Morgan fingerprint density at radius 2 is 1.96 bits per heavy atom. The molecule has 0 bridgehead atoms. The van der Waals surface area contributed by atoms with Crippen molar-refractivity contribution in [2.45, 2.75) is 58.1 Å². The fraction of sp³-hybridized carbons (Fsp3) is 0.435. The number of rotatable bonds is 5. The van der Waals surface area contributed by atoms with Gasteiger partial charge in [0, 0.05) is 30.1 Å². The summed E-state index contributed by atoms with van der Waals surface area (Å²) in [4.78, 5) is 12.5. The lowest BCUT2D eigenvalue weighted by Gasteiger charge is -2.20. The molecule has 4 rings (SSSR count). The maximum Gasteiger partial charge on any atom is 0.234 e. The number of benzene rings is 2. The predicted octanol–water partition coefficient (Wildman–Crippen LogP) is 4.27. The summed E-state index contributed by atoms with van der Waals surface area (Å²) in [6.07, 6.45) is 1.11. The average molecular weight is 364 g/mol. The number of carbonyl (C=O) groups is 1. The third-order valence-corrected chi connectivity index (χ3v) is 6.01. The Labute approximate surface area is 161 Å². The van der Waals surface area contributed by atoms with Crippen LogP contribution in [0.4, 0.5) is 5.69 Å². The molecule has 2 N–H and O–H groups in total. The highest BCUT2D eigenvalue weighted by molar-refractivity contribution is 6.07. The molecule has 0 fully saturated rings. The van der Waals surface area contributed by atoms with Crippen molar-refractivity contribution >= 4 is 11.6 Å². The quantitative estimate of drug-likeness (QED) is 0.833. The van der Waals surface area contributed by atoms with Crippen LogP contribution >= 0.6 is 0 Å². The Hall–Kier alpha value is -2.33. The number of ether oxygens (including phenoxy) is 1. The zero-order valence-electron chi connectivity index (χ0n) is 16.6. The average Bonchev–Trinajstić information content (AvgIpc) is 3.10. The number of nitrogens with one attached hydrogen (secondary N) is 2. The number of hydrogen-bond donors (Lipinski definition) is 2. The fourth-order valence-electron chi connectivity index (χ4n) is 4.42. The molecule has 0 aromatic heterocycles. The maximum absolute atomic E-state index is 12.5. The number of hydrogen-bond acceptors (Lipinski definition) is 3. The Bertz CT molecular complexity index is 874. The molecule has 0 saturated heterocycles. The van der Waals surface area contributed by atoms with Gasteiger partial charge in [0.25, 0.3) is 0 Å². The van der Waals surface area contributed by atoms with E-state index in [1.54, 1.807) is 0 Å². The van der Waals surface area contributed by atoms with Crippen LogP contribution in [-0.2, 0) is 16.8 Å². The van der Waals surface area contributed by atoms with E-state index in [1.165, 1.54) is 11.1 Å². The van der Waals surface area contributed by atoms with E-state index < -0.39 is 5.41 Å². The Balaban J connectivity index is 1.59. The van der Waals surface area contributed by atoms with Gasteiger partial charge in [-0.15, -0.1) is 0 Å². The minimum Gasteiger partial charge on any atom is -0.488 e. The zero-order chi connectivity index (χ0) is 19.2. The van der Waals surface area contributed by atoms with Crippen LogP contribution in [0.3, 0.4) is 0 Å². The van der Waals surface area contributed by atoms with E-state index in [1.807, 2.05) is 19.9 Å². The maximum atomic E-state index is 12.5. The first kappa shape index (κ1) is 18.1. The van der Waals surface area contributed by atoms with Gasteiger partial charge in [0.1, 0.15) is 11.9 Å². The van der Waals surface area contributed by atoms with E-state index in [-0.39, 0.29) is 12.0 Å². The number of fused-ring (bicyclic) bond motifs is 3. The summed E-state index contributed by atoms with van der Waals surface area (Å²) in [5.74, 6) is 1.33. The van der Waals surface area contributed by atoms with Crippen molar-refractivity contribution in [1.29, 1.82) is 0 Å². The van der Waals surface area contributed by atoms with Gasteiger partial charge >= 0.3 is 0 Å². The van der Waals surface area contributed by atoms with Crippen molar-refractivity contribution in [3.8, 4) is 5.75 Å². The van der Waals surface area contributed by atoms with Crippen molar-refractivity contribution in [3.05, 3.63) is 58.7 Å². The molecule has 2 heterocycles. The second-order valence-electron chi connectivity index (χ2n) is 8.23. The van der Waals surface area contributed by atoms with E-state index >= 15 is 0 Å². The first-order chi connectivity index (χ1) is 12.9. The van der Waals surface area contributed by atoms with E-state index in [2.05, 4.69) is 54.8 Å². The van der Waals surface area contributed by atoms with Crippen molar-refractivity contribution < 1.29 is 9.53 Å². The third kappa shape index (κ3) is 2.92. The van der Waals surface area contributed by atoms with Crippen LogP contribution in [0.2, 0.25) is 0 Å². The molecule has 0 radical (unpaired) electrons. The van der Waals surface area contributed by atoms with E-state index in [0.717, 1.165) is 42.1 Å². The molecule has 0 aliphatic carbocycles. The van der Waals surface area contributed by atoms with Gasteiger partial charge in [-0.2, -0.15) is 0 Å². The van der Waals surface area contributed by atoms with Gasteiger partial charge in [0.2, 0.25) is 5.91 Å². The molecule has 2 aromatic carbocycles. The minimum atomic E-state index is -0.559. The van der Waals surface area contributed by atoms with Crippen molar-refractivity contribution in [2.24, 2.45) is 0 Å². The van der Waals surface area contributed by atoms with Crippen LogP contribution in [0.25, 0.3) is 0 Å². The van der Waals surface area contributed by atoms with Gasteiger partial charge in [-0.3, -0.25) is 4.79 Å². The molecule has 4 heteroatoms. The normalized spacial score (nSPS) is 22.1. The van der Waals surface area contributed by atoms with Gasteiger partial charge in [-0.05, 0) is 44.4 Å². The van der Waals surface area contributed by atoms with Gasteiger partial charge in [-0.1, -0.05) is 37.3 Å². The number of aryl methyl sites for hydroxylation is 1. The Morgan fingerprint density at radius 1 is 1.22 bits per heavy atom. The van der Waals surface area contributed by atoms with Crippen LogP contribution in [0.15, 0.2) is 36.4 Å². The third-order valence-electron chi connectivity index (χ3n) is 6.01. The lowest BCUT2D eigenvalue weighted by atomic mass is 9.81. The zero-order valence-corrected chi connectivity index (χ0v) is 16.6. The Kier molecular flexibility index (Phi) is 4.47. The molecule has 0 unspecified atom stereocenters. The topological polar surface area (TPSA) is 50.4 Å². The van der Waals surface area contributed by atoms with Gasteiger partial charge in [0.15, 0.2) is 0 Å². The van der Waals surface area contributed by atoms with Crippen molar-refractivity contribution in [3.63, 3.8) is 0 Å². The molecule has 0 saturated carbocycles. The van der Waals surface area contributed by atoms with Gasteiger partial charge in [0.05, 0.1) is 11.1 Å². The Morgan fingerprint density at radius 3 is 2.67 bits per heavy atom. The lowest BCUT2D eigenvalue weighted by Crippen LogP contribution is -2.32. The highest BCUT2D eigenvalue weighted by Crippen LogP contribution is 2.52. The molecule has 4 nitrogen and oxygen atoms in total.